The number of esters is 1. The summed E-state index contributed by atoms with van der Waals surface area (Å²) in [4.78, 5) is 25.0. The number of hydrogen-bond donors (Lipinski definition) is 0. The first-order chi connectivity index (χ1) is 14.7. The van der Waals surface area contributed by atoms with Gasteiger partial charge in [-0.2, -0.15) is 0 Å². The summed E-state index contributed by atoms with van der Waals surface area (Å²) in [5.41, 5.74) is 0.0721. The second-order valence-corrected chi connectivity index (χ2v) is 7.37. The van der Waals surface area contributed by atoms with Crippen LogP contribution in [0.1, 0.15) is 15.9 Å². The molecule has 154 valence electrons. The maximum absolute atomic E-state index is 12.6. The number of epoxide rings is 1. The molecule has 7 nitrogen and oxygen atoms in total. The lowest BCUT2D eigenvalue weighted by atomic mass is 9.89. The molecular formula is C23H20O7. The number of benzene rings is 2. The molecule has 1 spiro atoms. The van der Waals surface area contributed by atoms with Crippen molar-refractivity contribution in [3.8, 4) is 0 Å². The molecule has 2 saturated heterocycles. The predicted octanol–water partition coefficient (Wildman–Crippen LogP) is 2.40. The van der Waals surface area contributed by atoms with Crippen molar-refractivity contribution < 1.29 is 33.3 Å². The minimum Gasteiger partial charge on any atom is -0.428 e. The Morgan fingerprint density at radius 2 is 1.80 bits per heavy atom. The summed E-state index contributed by atoms with van der Waals surface area (Å²) in [7, 11) is 0. The zero-order chi connectivity index (χ0) is 20.6. The Bertz CT molecular complexity index is 958. The molecule has 30 heavy (non-hydrogen) atoms. The van der Waals surface area contributed by atoms with Gasteiger partial charge in [-0.05, 0) is 29.8 Å². The van der Waals surface area contributed by atoms with Crippen molar-refractivity contribution in [2.75, 3.05) is 6.61 Å². The molecular weight excluding hydrogens is 388 g/mol. The van der Waals surface area contributed by atoms with Gasteiger partial charge >= 0.3 is 5.97 Å². The average molecular weight is 408 g/mol. The average Bonchev–Trinajstić information content (AvgIpc) is 3.59. The molecule has 2 aromatic rings. The van der Waals surface area contributed by atoms with E-state index in [2.05, 4.69) is 0 Å². The van der Waals surface area contributed by atoms with Crippen LogP contribution in [0.5, 0.6) is 0 Å². The largest absolute Gasteiger partial charge is 0.428 e. The van der Waals surface area contributed by atoms with Crippen molar-refractivity contribution in [2.24, 2.45) is 0 Å². The number of ether oxygens (including phenoxy) is 5. The van der Waals surface area contributed by atoms with Gasteiger partial charge in [0, 0.05) is 0 Å². The first-order valence-electron chi connectivity index (χ1n) is 9.75. The summed E-state index contributed by atoms with van der Waals surface area (Å²) in [6.45, 7) is 0.327. The zero-order valence-corrected chi connectivity index (χ0v) is 16.0. The number of ketones is 1. The molecule has 5 atom stereocenters. The number of carbonyl (C=O) groups excluding carboxylic acids is 2. The van der Waals surface area contributed by atoms with E-state index < -0.39 is 36.4 Å². The van der Waals surface area contributed by atoms with Crippen molar-refractivity contribution in [3.63, 3.8) is 0 Å². The summed E-state index contributed by atoms with van der Waals surface area (Å²) in [6.07, 6.45) is 0.258. The smallest absolute Gasteiger partial charge is 0.340 e. The fourth-order valence-electron chi connectivity index (χ4n) is 3.72. The van der Waals surface area contributed by atoms with Gasteiger partial charge in [-0.3, -0.25) is 4.79 Å². The van der Waals surface area contributed by atoms with Gasteiger partial charge in [0.15, 0.2) is 17.7 Å². The lowest BCUT2D eigenvalue weighted by molar-refractivity contribution is -0.239. The van der Waals surface area contributed by atoms with Crippen LogP contribution in [0.15, 0.2) is 72.8 Å². The zero-order valence-electron chi connectivity index (χ0n) is 16.0. The number of fused-ring (bicyclic) bond motifs is 2. The molecule has 0 unspecified atom stereocenters. The summed E-state index contributed by atoms with van der Waals surface area (Å²) >= 11 is 0. The summed E-state index contributed by atoms with van der Waals surface area (Å²) in [5, 5.41) is 0. The molecule has 0 radical (unpaired) electrons. The highest BCUT2D eigenvalue weighted by atomic mass is 16.8. The number of carbonyl (C=O) groups is 2. The van der Waals surface area contributed by atoms with Gasteiger partial charge in [0.05, 0.1) is 18.8 Å². The van der Waals surface area contributed by atoms with Crippen LogP contribution < -0.4 is 0 Å². The maximum atomic E-state index is 12.6. The van der Waals surface area contributed by atoms with Crippen molar-refractivity contribution >= 4 is 11.8 Å². The highest BCUT2D eigenvalue weighted by Gasteiger charge is 2.67. The van der Waals surface area contributed by atoms with E-state index in [1.54, 1.807) is 24.3 Å². The Morgan fingerprint density at radius 3 is 2.57 bits per heavy atom. The van der Waals surface area contributed by atoms with E-state index >= 15 is 0 Å². The lowest BCUT2D eigenvalue weighted by Gasteiger charge is -2.38. The third kappa shape index (κ3) is 3.57. The fourth-order valence-corrected chi connectivity index (χ4v) is 3.72. The van der Waals surface area contributed by atoms with Crippen molar-refractivity contribution in [3.05, 3.63) is 83.9 Å². The third-order valence-electron chi connectivity index (χ3n) is 5.35. The van der Waals surface area contributed by atoms with Crippen LogP contribution >= 0.6 is 0 Å². The summed E-state index contributed by atoms with van der Waals surface area (Å²) in [6, 6.07) is 18.3. The van der Waals surface area contributed by atoms with Gasteiger partial charge < -0.3 is 23.7 Å². The standard InChI is InChI=1S/C23H20O7/c24-17-11-12-18(28-21(25)16-9-5-2-6-10-16)30-23(17)14-27-22(19-20(23)29-19)26-13-15-7-3-1-4-8-15/h1-12,18-20,22H,13-14H2/t18-,19-,20+,22-,23-/m0/s1. The summed E-state index contributed by atoms with van der Waals surface area (Å²) in [5.74, 6) is -0.813. The van der Waals surface area contributed by atoms with Crippen LogP contribution in [0.25, 0.3) is 0 Å². The molecule has 0 bridgehead atoms. The summed E-state index contributed by atoms with van der Waals surface area (Å²) < 4.78 is 28.6. The molecule has 0 amide bonds. The van der Waals surface area contributed by atoms with Crippen LogP contribution in [0.4, 0.5) is 0 Å². The molecule has 0 N–H and O–H groups in total. The minimum atomic E-state index is -1.34. The first kappa shape index (κ1) is 19.1. The quantitative estimate of drug-likeness (QED) is 0.555. The number of rotatable bonds is 5. The maximum Gasteiger partial charge on any atom is 0.340 e. The normalized spacial score (nSPS) is 31.9. The Balaban J connectivity index is 1.23. The molecule has 0 aromatic heterocycles. The van der Waals surface area contributed by atoms with Gasteiger partial charge in [0.1, 0.15) is 12.2 Å². The van der Waals surface area contributed by atoms with Crippen molar-refractivity contribution in [1.29, 1.82) is 0 Å². The van der Waals surface area contributed by atoms with Gasteiger partial charge in [-0.15, -0.1) is 0 Å². The van der Waals surface area contributed by atoms with Crippen molar-refractivity contribution in [1.82, 2.24) is 0 Å². The van der Waals surface area contributed by atoms with Crippen molar-refractivity contribution in [2.45, 2.75) is 37.0 Å². The van der Waals surface area contributed by atoms with E-state index in [1.807, 2.05) is 36.4 Å². The van der Waals surface area contributed by atoms with Crippen LogP contribution in [0.3, 0.4) is 0 Å². The number of hydrogen-bond acceptors (Lipinski definition) is 7. The highest BCUT2D eigenvalue weighted by molar-refractivity contribution is 5.99. The van der Waals surface area contributed by atoms with E-state index in [1.165, 1.54) is 12.2 Å². The molecule has 3 aliphatic heterocycles. The van der Waals surface area contributed by atoms with Gasteiger partial charge in [-0.1, -0.05) is 48.5 Å². The van der Waals surface area contributed by atoms with E-state index in [0.717, 1.165) is 5.56 Å². The van der Waals surface area contributed by atoms with Gasteiger partial charge in [0.2, 0.25) is 6.29 Å². The minimum absolute atomic E-state index is 0.0455. The van der Waals surface area contributed by atoms with Crippen LogP contribution in [-0.2, 0) is 35.1 Å². The van der Waals surface area contributed by atoms with E-state index in [0.29, 0.717) is 12.2 Å². The first-order valence-corrected chi connectivity index (χ1v) is 9.75. The molecule has 3 aliphatic rings. The lowest BCUT2D eigenvalue weighted by Crippen LogP contribution is -2.59. The molecule has 5 rings (SSSR count). The van der Waals surface area contributed by atoms with E-state index in [4.69, 9.17) is 23.7 Å². The molecule has 0 saturated carbocycles. The monoisotopic (exact) mass is 408 g/mol. The second-order valence-electron chi connectivity index (χ2n) is 7.37. The molecule has 3 heterocycles. The molecule has 2 aromatic carbocycles. The molecule has 2 fully saturated rings. The Kier molecular flexibility index (Phi) is 4.96. The molecule has 0 aliphatic carbocycles. The SMILES string of the molecule is O=C(O[C@@H]1C=CC(=O)[C@]2(CO[C@H](OCc3ccccc3)[C@H]3O[C@H]32)O1)c1ccccc1. The van der Waals surface area contributed by atoms with E-state index in [-0.39, 0.29) is 12.4 Å². The second kappa shape index (κ2) is 7.77. The van der Waals surface area contributed by atoms with E-state index in [9.17, 15) is 9.59 Å². The Morgan fingerprint density at radius 1 is 1.07 bits per heavy atom. The highest BCUT2D eigenvalue weighted by Crippen LogP contribution is 2.45. The topological polar surface area (TPSA) is 83.6 Å². The van der Waals surface area contributed by atoms with Crippen LogP contribution in [0.2, 0.25) is 0 Å². The Labute approximate surface area is 173 Å². The fraction of sp³-hybridized carbons (Fsp3) is 0.304. The predicted molar refractivity (Wildman–Crippen MR) is 103 cm³/mol. The van der Waals surface area contributed by atoms with Gasteiger partial charge in [0.25, 0.3) is 0 Å². The van der Waals surface area contributed by atoms with Gasteiger partial charge in [-0.25, -0.2) is 4.79 Å². The molecule has 7 heteroatoms. The third-order valence-corrected chi connectivity index (χ3v) is 5.35. The van der Waals surface area contributed by atoms with Crippen LogP contribution in [0, 0.1) is 0 Å². The van der Waals surface area contributed by atoms with Crippen LogP contribution in [-0.4, -0.2) is 48.7 Å². The Hall–Kier alpha value is -2.84.